The third kappa shape index (κ3) is 2.02. The fourth-order valence-corrected chi connectivity index (χ4v) is 2.19. The molecule has 3 nitrogen and oxygen atoms in total. The van der Waals surface area contributed by atoms with Gasteiger partial charge in [-0.1, -0.05) is 36.2 Å². The zero-order valence-corrected chi connectivity index (χ0v) is 11.0. The van der Waals surface area contributed by atoms with Gasteiger partial charge in [0.1, 0.15) is 16.7 Å². The Morgan fingerprint density at radius 2 is 2.17 bits per heavy atom. The van der Waals surface area contributed by atoms with Gasteiger partial charge in [-0.05, 0) is 18.6 Å². The molecule has 94 valence electrons. The monoisotopic (exact) mass is 286 g/mol. The van der Waals surface area contributed by atoms with Crippen molar-refractivity contribution in [2.75, 3.05) is 0 Å². The number of halogens is 3. The highest BCUT2D eigenvalue weighted by molar-refractivity contribution is 6.34. The van der Waals surface area contributed by atoms with Gasteiger partial charge in [0.2, 0.25) is 0 Å². The maximum Gasteiger partial charge on any atom is 0.155 e. The molecule has 0 saturated heterocycles. The quantitative estimate of drug-likeness (QED) is 0.807. The summed E-state index contributed by atoms with van der Waals surface area (Å²) in [5.41, 5.74) is 0.819. The molecule has 0 amide bonds. The molecule has 0 aliphatic heterocycles. The van der Waals surface area contributed by atoms with Crippen LogP contribution in [0.25, 0.3) is 5.69 Å². The maximum absolute atomic E-state index is 13.8. The predicted molar refractivity (Wildman–Crippen MR) is 68.3 cm³/mol. The molecular formula is C12H9Cl2FN2O. The Morgan fingerprint density at radius 3 is 2.67 bits per heavy atom. The minimum Gasteiger partial charge on any atom is -0.298 e. The highest BCUT2D eigenvalue weighted by Crippen LogP contribution is 2.29. The van der Waals surface area contributed by atoms with Crippen LogP contribution < -0.4 is 0 Å². The van der Waals surface area contributed by atoms with E-state index in [1.165, 1.54) is 18.2 Å². The summed E-state index contributed by atoms with van der Waals surface area (Å²) >= 11 is 12.0. The van der Waals surface area contributed by atoms with Crippen molar-refractivity contribution in [1.82, 2.24) is 9.78 Å². The third-order valence-corrected chi connectivity index (χ3v) is 3.21. The second-order valence-corrected chi connectivity index (χ2v) is 4.37. The van der Waals surface area contributed by atoms with E-state index >= 15 is 0 Å². The van der Waals surface area contributed by atoms with E-state index in [1.807, 2.05) is 6.92 Å². The lowest BCUT2D eigenvalue weighted by Gasteiger charge is -2.06. The van der Waals surface area contributed by atoms with Crippen LogP contribution in [0, 0.1) is 5.82 Å². The lowest BCUT2D eigenvalue weighted by Crippen LogP contribution is -2.01. The van der Waals surface area contributed by atoms with E-state index in [0.717, 1.165) is 4.68 Å². The number of aldehydes is 1. The smallest absolute Gasteiger partial charge is 0.155 e. The zero-order valence-electron chi connectivity index (χ0n) is 9.45. The number of rotatable bonds is 3. The molecule has 2 aromatic rings. The standard InChI is InChI=1S/C12H9Cl2FN2O/c1-2-10-7(6-18)12(14)17(16-10)11-8(13)4-3-5-9(11)15/h3-6H,2H2,1H3. The van der Waals surface area contributed by atoms with Crippen LogP contribution in [-0.4, -0.2) is 16.1 Å². The average Bonchev–Trinajstić information content (AvgIpc) is 2.66. The molecule has 0 saturated carbocycles. The van der Waals surface area contributed by atoms with E-state index in [4.69, 9.17) is 23.2 Å². The van der Waals surface area contributed by atoms with Crippen LogP contribution in [0.1, 0.15) is 23.0 Å². The largest absolute Gasteiger partial charge is 0.298 e. The second kappa shape index (κ2) is 5.08. The van der Waals surface area contributed by atoms with Crippen LogP contribution in [0.3, 0.4) is 0 Å². The van der Waals surface area contributed by atoms with Gasteiger partial charge in [-0.15, -0.1) is 0 Å². The molecule has 6 heteroatoms. The van der Waals surface area contributed by atoms with Crippen LogP contribution in [0.5, 0.6) is 0 Å². The van der Waals surface area contributed by atoms with Crippen molar-refractivity contribution in [3.05, 3.63) is 45.4 Å². The number of carbonyl (C=O) groups excluding carboxylic acids is 1. The van der Waals surface area contributed by atoms with Crippen molar-refractivity contribution in [3.63, 3.8) is 0 Å². The van der Waals surface area contributed by atoms with Gasteiger partial charge in [0.25, 0.3) is 0 Å². The number of nitrogens with zero attached hydrogens (tertiary/aromatic N) is 2. The average molecular weight is 287 g/mol. The van der Waals surface area contributed by atoms with Crippen LogP contribution in [-0.2, 0) is 6.42 Å². The summed E-state index contributed by atoms with van der Waals surface area (Å²) in [6.45, 7) is 1.83. The van der Waals surface area contributed by atoms with Crippen LogP contribution >= 0.6 is 23.2 Å². The van der Waals surface area contributed by atoms with Crippen molar-refractivity contribution in [3.8, 4) is 5.69 Å². The normalized spacial score (nSPS) is 10.7. The maximum atomic E-state index is 13.8. The summed E-state index contributed by atoms with van der Waals surface area (Å²) < 4.78 is 14.9. The van der Waals surface area contributed by atoms with Gasteiger partial charge in [0, 0.05) is 0 Å². The van der Waals surface area contributed by atoms with Gasteiger partial charge in [-0.2, -0.15) is 5.10 Å². The van der Waals surface area contributed by atoms with E-state index in [0.29, 0.717) is 18.4 Å². The number of hydrogen-bond donors (Lipinski definition) is 0. The summed E-state index contributed by atoms with van der Waals surface area (Å²) in [6, 6.07) is 4.27. The minimum absolute atomic E-state index is 0.0481. The van der Waals surface area contributed by atoms with Crippen LogP contribution in [0.4, 0.5) is 4.39 Å². The number of aryl methyl sites for hydroxylation is 1. The Hall–Kier alpha value is -1.39. The third-order valence-electron chi connectivity index (χ3n) is 2.54. The molecule has 2 rings (SSSR count). The van der Waals surface area contributed by atoms with Crippen LogP contribution in [0.15, 0.2) is 18.2 Å². The topological polar surface area (TPSA) is 34.9 Å². The first-order valence-electron chi connectivity index (χ1n) is 5.27. The molecule has 0 N–H and O–H groups in total. The highest BCUT2D eigenvalue weighted by Gasteiger charge is 2.19. The molecule has 18 heavy (non-hydrogen) atoms. The molecule has 0 bridgehead atoms. The van der Waals surface area contributed by atoms with E-state index in [2.05, 4.69) is 5.10 Å². The fourth-order valence-electron chi connectivity index (χ4n) is 1.67. The van der Waals surface area contributed by atoms with Gasteiger partial charge < -0.3 is 0 Å². The van der Waals surface area contributed by atoms with E-state index < -0.39 is 5.82 Å². The van der Waals surface area contributed by atoms with Crippen molar-refractivity contribution in [2.45, 2.75) is 13.3 Å². The molecular weight excluding hydrogens is 278 g/mol. The highest BCUT2D eigenvalue weighted by atomic mass is 35.5. The Bertz CT molecular complexity index is 590. The Labute approximate surface area is 113 Å². The molecule has 1 aromatic carbocycles. The van der Waals surface area contributed by atoms with Crippen molar-refractivity contribution in [2.24, 2.45) is 0 Å². The SMILES string of the molecule is CCc1nn(-c2c(F)cccc2Cl)c(Cl)c1C=O. The molecule has 0 aliphatic rings. The summed E-state index contributed by atoms with van der Waals surface area (Å²) in [5, 5.41) is 4.36. The van der Waals surface area contributed by atoms with E-state index in [-0.39, 0.29) is 21.4 Å². The molecule has 0 aliphatic carbocycles. The Kier molecular flexibility index (Phi) is 3.68. The van der Waals surface area contributed by atoms with E-state index in [9.17, 15) is 9.18 Å². The molecule has 1 aromatic heterocycles. The zero-order chi connectivity index (χ0) is 13.3. The van der Waals surface area contributed by atoms with Gasteiger partial charge in [-0.25, -0.2) is 9.07 Å². The Morgan fingerprint density at radius 1 is 1.44 bits per heavy atom. The first kappa shape index (κ1) is 13.1. The molecule has 0 radical (unpaired) electrons. The summed E-state index contributed by atoms with van der Waals surface area (Å²) in [5.74, 6) is -0.549. The number of carbonyl (C=O) groups is 1. The first-order chi connectivity index (χ1) is 8.60. The van der Waals surface area contributed by atoms with Crippen molar-refractivity contribution >= 4 is 29.5 Å². The minimum atomic E-state index is -0.549. The first-order valence-corrected chi connectivity index (χ1v) is 6.02. The Balaban J connectivity index is 2.72. The van der Waals surface area contributed by atoms with Gasteiger partial charge >= 0.3 is 0 Å². The second-order valence-electron chi connectivity index (χ2n) is 3.60. The fraction of sp³-hybridized carbons (Fsp3) is 0.167. The van der Waals surface area contributed by atoms with E-state index in [1.54, 1.807) is 0 Å². The summed E-state index contributed by atoms with van der Waals surface area (Å²) in [7, 11) is 0. The number of hydrogen-bond acceptors (Lipinski definition) is 2. The molecule has 0 atom stereocenters. The number of benzene rings is 1. The molecule has 0 spiro atoms. The van der Waals surface area contributed by atoms with Gasteiger partial charge in [0.05, 0.1) is 16.3 Å². The summed E-state index contributed by atoms with van der Waals surface area (Å²) in [6.07, 6.45) is 1.13. The van der Waals surface area contributed by atoms with Gasteiger partial charge in [0.15, 0.2) is 6.29 Å². The molecule has 0 unspecified atom stereocenters. The van der Waals surface area contributed by atoms with Gasteiger partial charge in [-0.3, -0.25) is 4.79 Å². The van der Waals surface area contributed by atoms with Crippen LogP contribution in [0.2, 0.25) is 10.2 Å². The van der Waals surface area contributed by atoms with Crippen molar-refractivity contribution < 1.29 is 9.18 Å². The lowest BCUT2D eigenvalue weighted by atomic mass is 10.2. The lowest BCUT2D eigenvalue weighted by molar-refractivity contribution is 0.112. The molecule has 1 heterocycles. The predicted octanol–water partition coefficient (Wildman–Crippen LogP) is 3.69. The number of para-hydroxylation sites is 1. The molecule has 0 fully saturated rings. The number of aromatic nitrogens is 2. The summed E-state index contributed by atoms with van der Waals surface area (Å²) in [4.78, 5) is 11.0. The van der Waals surface area contributed by atoms with Crippen molar-refractivity contribution in [1.29, 1.82) is 0 Å².